The summed E-state index contributed by atoms with van der Waals surface area (Å²) in [5, 5.41) is 56.4. The maximum absolute atomic E-state index is 13.2. The molecule has 0 amide bonds. The average Bonchev–Trinajstić information content (AvgIpc) is 3.13. The Bertz CT molecular complexity index is 1290. The van der Waals surface area contributed by atoms with Crippen LogP contribution >= 0.6 is 0 Å². The number of aliphatic hydroxyl groups excluding tert-OH is 5. The Morgan fingerprint density at radius 3 is 1.68 bits per heavy atom. The van der Waals surface area contributed by atoms with Crippen molar-refractivity contribution in [2.75, 3.05) is 0 Å². The van der Waals surface area contributed by atoms with Crippen molar-refractivity contribution in [2.45, 2.75) is 205 Å². The molecule has 6 atom stereocenters. The molecule has 2 rings (SSSR count). The van der Waals surface area contributed by atoms with Gasteiger partial charge in [0, 0.05) is 18.9 Å². The normalized spacial score (nSPS) is 15.1. The minimum atomic E-state index is -0.956. The van der Waals surface area contributed by atoms with E-state index in [2.05, 4.69) is 12.0 Å². The molecule has 1 aromatic carbocycles. The van der Waals surface area contributed by atoms with Crippen LogP contribution in [0.1, 0.15) is 166 Å². The minimum absolute atomic E-state index is 0.228. The van der Waals surface area contributed by atoms with Crippen LogP contribution in [0.2, 0.25) is 0 Å². The summed E-state index contributed by atoms with van der Waals surface area (Å²) < 4.78 is 6.97. The van der Waals surface area contributed by atoms with Gasteiger partial charge in [-0.3, -0.25) is 9.59 Å². The number of aryl methyl sites for hydroxylation is 1. The van der Waals surface area contributed by atoms with Crippen molar-refractivity contribution < 1.29 is 35.1 Å². The van der Waals surface area contributed by atoms with Crippen LogP contribution in [0.4, 0.5) is 0 Å². The highest BCUT2D eigenvalue weighted by Gasteiger charge is 2.22. The number of aromatic nitrogens is 2. The Labute approximate surface area is 319 Å². The van der Waals surface area contributed by atoms with Gasteiger partial charge in [-0.2, -0.15) is 9.78 Å². The first-order valence-electron chi connectivity index (χ1n) is 20.7. The van der Waals surface area contributed by atoms with E-state index in [9.17, 15) is 35.1 Å². The maximum atomic E-state index is 13.2. The van der Waals surface area contributed by atoms with Crippen molar-refractivity contribution >= 4 is 5.97 Å². The van der Waals surface area contributed by atoms with Gasteiger partial charge in [0.15, 0.2) is 0 Å². The number of hydrogen-bond donors (Lipinski definition) is 5. The van der Waals surface area contributed by atoms with Gasteiger partial charge >= 0.3 is 5.97 Å². The molecule has 0 spiro atoms. The monoisotopic (exact) mass is 745 g/mol. The molecule has 0 radical (unpaired) electrons. The molecule has 2 aromatic rings. The van der Waals surface area contributed by atoms with Crippen LogP contribution in [0.5, 0.6) is 0 Å². The van der Waals surface area contributed by atoms with E-state index < -0.39 is 36.6 Å². The lowest BCUT2D eigenvalue weighted by Crippen LogP contribution is -2.31. The number of unbranched alkanes of at least 4 members (excludes halogenated alkanes) is 12. The quantitative estimate of drug-likeness (QED) is 0.0391. The molecule has 1 aromatic heterocycles. The molecule has 0 aliphatic rings. The fourth-order valence-electron chi connectivity index (χ4n) is 7.01. The number of ether oxygens (including phenoxy) is 1. The van der Waals surface area contributed by atoms with E-state index in [1.165, 1.54) is 56.6 Å². The van der Waals surface area contributed by atoms with E-state index in [1.54, 1.807) is 6.07 Å². The lowest BCUT2D eigenvalue weighted by atomic mass is 9.96. The summed E-state index contributed by atoms with van der Waals surface area (Å²) in [5.74, 6) is -0.386. The van der Waals surface area contributed by atoms with Gasteiger partial charge < -0.3 is 30.3 Å². The topological polar surface area (TPSA) is 162 Å². The highest BCUT2D eigenvalue weighted by Crippen LogP contribution is 2.19. The number of benzene rings is 1. The molecule has 1 heterocycles. The molecule has 10 heteroatoms. The predicted octanol–water partition coefficient (Wildman–Crippen LogP) is 7.42. The molecular weight excluding hydrogens is 672 g/mol. The van der Waals surface area contributed by atoms with Gasteiger partial charge in [0.1, 0.15) is 6.10 Å². The summed E-state index contributed by atoms with van der Waals surface area (Å²) >= 11 is 0. The molecule has 302 valence electrons. The molecule has 0 aliphatic heterocycles. The third-order valence-corrected chi connectivity index (χ3v) is 10.2. The number of para-hydroxylation sites is 1. The zero-order valence-electron chi connectivity index (χ0n) is 33.0. The lowest BCUT2D eigenvalue weighted by molar-refractivity contribution is -0.146. The third kappa shape index (κ3) is 20.6. The molecule has 0 saturated heterocycles. The number of hydrogen-bond acceptors (Lipinski definition) is 9. The van der Waals surface area contributed by atoms with Crippen LogP contribution in [0.25, 0.3) is 5.69 Å². The number of aliphatic hydroxyl groups is 5. The number of nitrogens with zero attached hydrogens (tertiary/aromatic N) is 2. The Hall–Kier alpha value is -2.63. The van der Waals surface area contributed by atoms with Crippen LogP contribution in [0.15, 0.2) is 41.2 Å². The first kappa shape index (κ1) is 46.5. The zero-order valence-corrected chi connectivity index (χ0v) is 33.0. The van der Waals surface area contributed by atoms with E-state index >= 15 is 0 Å². The average molecular weight is 745 g/mol. The van der Waals surface area contributed by atoms with Gasteiger partial charge in [-0.1, -0.05) is 115 Å². The van der Waals surface area contributed by atoms with Gasteiger partial charge in [-0.25, -0.2) is 0 Å². The summed E-state index contributed by atoms with van der Waals surface area (Å²) in [5.41, 5.74) is 1.70. The maximum Gasteiger partial charge on any atom is 0.302 e. The molecule has 0 bridgehead atoms. The second-order valence-electron chi connectivity index (χ2n) is 15.2. The van der Waals surface area contributed by atoms with Crippen LogP contribution in [-0.2, 0) is 16.0 Å². The second-order valence-corrected chi connectivity index (χ2v) is 15.2. The first-order valence-corrected chi connectivity index (χ1v) is 20.7. The molecule has 0 aliphatic carbocycles. The van der Waals surface area contributed by atoms with Crippen LogP contribution in [-0.4, -0.2) is 77.9 Å². The molecule has 0 saturated carbocycles. The number of esters is 1. The van der Waals surface area contributed by atoms with Gasteiger partial charge in [0.05, 0.1) is 41.9 Å². The summed E-state index contributed by atoms with van der Waals surface area (Å²) in [6.45, 7) is 5.44. The first-order chi connectivity index (χ1) is 25.5. The Morgan fingerprint density at radius 2 is 1.11 bits per heavy atom. The smallest absolute Gasteiger partial charge is 0.302 e. The van der Waals surface area contributed by atoms with Gasteiger partial charge in [-0.05, 0) is 76.5 Å². The Kier molecular flexibility index (Phi) is 24.5. The highest BCUT2D eigenvalue weighted by atomic mass is 16.5. The van der Waals surface area contributed by atoms with Gasteiger partial charge in [0.25, 0.3) is 5.56 Å². The van der Waals surface area contributed by atoms with Crippen molar-refractivity contribution in [3.05, 3.63) is 58.0 Å². The highest BCUT2D eigenvalue weighted by molar-refractivity contribution is 5.66. The van der Waals surface area contributed by atoms with Crippen molar-refractivity contribution in [1.29, 1.82) is 0 Å². The van der Waals surface area contributed by atoms with Crippen LogP contribution in [0.3, 0.4) is 0 Å². The predicted molar refractivity (Wildman–Crippen MR) is 211 cm³/mol. The summed E-state index contributed by atoms with van der Waals surface area (Å²) in [4.78, 5) is 25.1. The zero-order chi connectivity index (χ0) is 38.8. The molecule has 5 N–H and O–H groups in total. The number of carbonyl (C=O) groups is 1. The summed E-state index contributed by atoms with van der Waals surface area (Å²) in [7, 11) is 0. The largest absolute Gasteiger partial charge is 0.462 e. The van der Waals surface area contributed by atoms with Gasteiger partial charge in [0.2, 0.25) is 0 Å². The fourth-order valence-corrected chi connectivity index (χ4v) is 7.01. The molecular formula is C43H72N2O8. The third-order valence-electron chi connectivity index (χ3n) is 10.2. The standard InChI is InChI=1S/C43H72N2O8/c1-4-5-6-7-8-9-10-11-12-19-27-39(48)41(50)29-30-42(51)40(49)28-21-20-25-37(47)24-17-14-18-26-38(53-34(3)46)32-35-31-33(2)44-45(43(35)52)36-22-15-13-16-23-36/h13,15-16,22-23,31,37-42,47-51H,4-12,14,17-21,24-30,32H2,1-3H3/t37-,38-,39?,40?,41?,42?/m1/s1. The number of rotatable bonds is 31. The summed E-state index contributed by atoms with van der Waals surface area (Å²) in [6.07, 6.45) is 15.2. The lowest BCUT2D eigenvalue weighted by Gasteiger charge is -2.22. The molecule has 4 unspecified atom stereocenters. The van der Waals surface area contributed by atoms with E-state index in [-0.39, 0.29) is 24.4 Å². The van der Waals surface area contributed by atoms with E-state index in [0.717, 1.165) is 44.9 Å². The molecule has 10 nitrogen and oxygen atoms in total. The summed E-state index contributed by atoms with van der Waals surface area (Å²) in [6, 6.07) is 11.0. The Balaban J connectivity index is 1.57. The van der Waals surface area contributed by atoms with E-state index in [1.807, 2.05) is 37.3 Å². The van der Waals surface area contributed by atoms with Crippen molar-refractivity contribution in [3.63, 3.8) is 0 Å². The van der Waals surface area contributed by atoms with E-state index in [0.29, 0.717) is 61.9 Å². The molecule has 0 fully saturated rings. The fraction of sp³-hybridized carbons (Fsp3) is 0.744. The van der Waals surface area contributed by atoms with Crippen LogP contribution < -0.4 is 5.56 Å². The minimum Gasteiger partial charge on any atom is -0.462 e. The number of carbonyl (C=O) groups excluding carboxylic acids is 1. The van der Waals surface area contributed by atoms with Crippen LogP contribution in [0, 0.1) is 6.92 Å². The SMILES string of the molecule is CCCCCCCCCCCCC(O)C(O)CCC(O)C(O)CCCC[C@H](O)CCCCC[C@H](Cc1cc(C)nn(-c2ccccc2)c1=O)OC(C)=O. The second kappa shape index (κ2) is 27.9. The van der Waals surface area contributed by atoms with Crippen molar-refractivity contribution in [1.82, 2.24) is 9.78 Å². The van der Waals surface area contributed by atoms with Gasteiger partial charge in [-0.15, -0.1) is 0 Å². The van der Waals surface area contributed by atoms with Crippen molar-refractivity contribution in [3.8, 4) is 5.69 Å². The van der Waals surface area contributed by atoms with E-state index in [4.69, 9.17) is 4.74 Å². The molecule has 53 heavy (non-hydrogen) atoms. The van der Waals surface area contributed by atoms with Crippen molar-refractivity contribution in [2.24, 2.45) is 0 Å². The Morgan fingerprint density at radius 1 is 0.660 bits per heavy atom.